The highest BCUT2D eigenvalue weighted by Gasteiger charge is 2.30. The molecule has 1 aromatic carbocycles. The summed E-state index contributed by atoms with van der Waals surface area (Å²) in [5.74, 6) is 0. The minimum atomic E-state index is -3.58. The summed E-state index contributed by atoms with van der Waals surface area (Å²) in [5, 5.41) is 0.380. The van der Waals surface area contributed by atoms with Gasteiger partial charge in [-0.15, -0.1) is 0 Å². The van der Waals surface area contributed by atoms with E-state index in [4.69, 9.17) is 17.3 Å². The number of benzene rings is 1. The first kappa shape index (κ1) is 17.4. The Bertz CT molecular complexity index is 546. The molecule has 0 aliphatic rings. The first-order chi connectivity index (χ1) is 9.34. The van der Waals surface area contributed by atoms with Crippen LogP contribution in [0.5, 0.6) is 0 Å². The Labute approximate surface area is 126 Å². The van der Waals surface area contributed by atoms with E-state index in [9.17, 15) is 8.42 Å². The van der Waals surface area contributed by atoms with Crippen LogP contribution in [0.3, 0.4) is 0 Å². The maximum atomic E-state index is 12.5. The van der Waals surface area contributed by atoms with Gasteiger partial charge in [-0.3, -0.25) is 0 Å². The molecule has 1 rings (SSSR count). The third-order valence-electron chi connectivity index (χ3n) is 3.94. The highest BCUT2D eigenvalue weighted by Crippen LogP contribution is 2.25. The van der Waals surface area contributed by atoms with Crippen LogP contribution in [0.25, 0.3) is 0 Å². The Hall–Kier alpha value is -0.620. The van der Waals surface area contributed by atoms with Crippen molar-refractivity contribution in [3.8, 4) is 0 Å². The molecular weight excluding hydrogens is 296 g/mol. The highest BCUT2D eigenvalue weighted by atomic mass is 35.5. The van der Waals surface area contributed by atoms with Gasteiger partial charge in [0.25, 0.3) is 0 Å². The molecular formula is C14H23ClN2O2S. The fraction of sp³-hybridized carbons (Fsp3) is 0.571. The molecule has 0 saturated heterocycles. The number of halogens is 1. The van der Waals surface area contributed by atoms with Gasteiger partial charge in [0.1, 0.15) is 0 Å². The lowest BCUT2D eigenvalue weighted by molar-refractivity contribution is 0.341. The van der Waals surface area contributed by atoms with E-state index in [1.54, 1.807) is 12.1 Å². The maximum Gasteiger partial charge on any atom is 0.241 e. The van der Waals surface area contributed by atoms with E-state index in [0.717, 1.165) is 24.8 Å². The summed E-state index contributed by atoms with van der Waals surface area (Å²) in [7, 11) is -3.58. The fourth-order valence-electron chi connectivity index (χ4n) is 2.17. The molecule has 0 fully saturated rings. The summed E-state index contributed by atoms with van der Waals surface area (Å²) in [6.45, 7) is 6.25. The Morgan fingerprint density at radius 2 is 1.75 bits per heavy atom. The van der Waals surface area contributed by atoms with Crippen LogP contribution in [-0.2, 0) is 16.6 Å². The monoisotopic (exact) mass is 318 g/mol. The summed E-state index contributed by atoms with van der Waals surface area (Å²) in [6, 6.07) is 4.66. The van der Waals surface area contributed by atoms with Crippen LogP contribution in [0.1, 0.15) is 45.6 Å². The molecule has 4 nitrogen and oxygen atoms in total. The topological polar surface area (TPSA) is 72.2 Å². The normalized spacial score (nSPS) is 12.7. The van der Waals surface area contributed by atoms with Gasteiger partial charge in [-0.25, -0.2) is 13.1 Å². The summed E-state index contributed by atoms with van der Waals surface area (Å²) >= 11 is 6.04. The zero-order valence-corrected chi connectivity index (χ0v) is 13.8. The average Bonchev–Trinajstić information content (AvgIpc) is 2.44. The van der Waals surface area contributed by atoms with E-state index < -0.39 is 15.6 Å². The van der Waals surface area contributed by atoms with Crippen molar-refractivity contribution >= 4 is 21.6 Å². The molecule has 0 spiro atoms. The van der Waals surface area contributed by atoms with Crippen LogP contribution in [0.2, 0.25) is 5.02 Å². The van der Waals surface area contributed by atoms with Crippen molar-refractivity contribution in [1.82, 2.24) is 4.72 Å². The second-order valence-electron chi connectivity index (χ2n) is 4.90. The minimum absolute atomic E-state index is 0.180. The molecule has 1 aromatic rings. The lowest BCUT2D eigenvalue weighted by Gasteiger charge is -2.31. The number of nitrogens with one attached hydrogen (secondary N) is 1. The van der Waals surface area contributed by atoms with Gasteiger partial charge in [-0.2, -0.15) is 0 Å². The smallest absolute Gasteiger partial charge is 0.241 e. The molecule has 6 heteroatoms. The molecule has 0 unspecified atom stereocenters. The van der Waals surface area contributed by atoms with Gasteiger partial charge < -0.3 is 5.73 Å². The quantitative estimate of drug-likeness (QED) is 0.811. The van der Waals surface area contributed by atoms with Crippen LogP contribution < -0.4 is 10.5 Å². The second-order valence-corrected chi connectivity index (χ2v) is 6.99. The predicted octanol–water partition coefficient (Wildman–Crippen LogP) is 3.05. The number of rotatable bonds is 7. The molecule has 0 bridgehead atoms. The molecule has 0 saturated carbocycles. The van der Waals surface area contributed by atoms with Crippen LogP contribution in [0.4, 0.5) is 0 Å². The van der Waals surface area contributed by atoms with E-state index >= 15 is 0 Å². The predicted molar refractivity (Wildman–Crippen MR) is 83.3 cm³/mol. The molecule has 0 amide bonds. The molecule has 3 N–H and O–H groups in total. The van der Waals surface area contributed by atoms with Crippen molar-refractivity contribution < 1.29 is 8.42 Å². The Morgan fingerprint density at radius 1 is 1.20 bits per heavy atom. The highest BCUT2D eigenvalue weighted by molar-refractivity contribution is 7.89. The van der Waals surface area contributed by atoms with Crippen LogP contribution in [0.15, 0.2) is 23.1 Å². The Balaban J connectivity index is 3.14. The van der Waals surface area contributed by atoms with E-state index in [0.29, 0.717) is 5.02 Å². The molecule has 0 aliphatic heterocycles. The summed E-state index contributed by atoms with van der Waals surface area (Å²) < 4.78 is 27.8. The third-order valence-corrected chi connectivity index (χ3v) is 5.86. The lowest BCUT2D eigenvalue weighted by atomic mass is 9.91. The van der Waals surface area contributed by atoms with Crippen molar-refractivity contribution in [3.05, 3.63) is 28.8 Å². The molecule has 0 aromatic heterocycles. The first-order valence-corrected chi connectivity index (χ1v) is 8.72. The summed E-state index contributed by atoms with van der Waals surface area (Å²) in [4.78, 5) is 0.180. The van der Waals surface area contributed by atoms with Crippen molar-refractivity contribution in [2.24, 2.45) is 5.73 Å². The largest absolute Gasteiger partial charge is 0.326 e. The molecule has 20 heavy (non-hydrogen) atoms. The number of sulfonamides is 1. The molecule has 0 atom stereocenters. The van der Waals surface area contributed by atoms with Crippen molar-refractivity contribution in [2.45, 2.75) is 57.0 Å². The van der Waals surface area contributed by atoms with Crippen LogP contribution in [-0.4, -0.2) is 14.0 Å². The summed E-state index contributed by atoms with van der Waals surface area (Å²) in [6.07, 6.45) is 2.23. The molecule has 0 radical (unpaired) electrons. The van der Waals surface area contributed by atoms with E-state index in [1.165, 1.54) is 6.07 Å². The zero-order valence-electron chi connectivity index (χ0n) is 12.2. The zero-order chi connectivity index (χ0) is 15.4. The fourth-order valence-corrected chi connectivity index (χ4v) is 4.13. The lowest BCUT2D eigenvalue weighted by Crippen LogP contribution is -2.46. The second kappa shape index (κ2) is 6.89. The number of hydrogen-bond donors (Lipinski definition) is 2. The first-order valence-electron chi connectivity index (χ1n) is 6.86. The van der Waals surface area contributed by atoms with Gasteiger partial charge in [0.15, 0.2) is 0 Å². The van der Waals surface area contributed by atoms with Gasteiger partial charge in [-0.05, 0) is 37.0 Å². The van der Waals surface area contributed by atoms with Gasteiger partial charge in [0.2, 0.25) is 10.0 Å². The standard InChI is InChI=1S/C14H23ClN2O2S/c1-4-14(5-2,6-3)17-20(18,19)12-8-7-11(10-16)13(15)9-12/h7-9,17H,4-6,10,16H2,1-3H3. The average molecular weight is 319 g/mol. The summed E-state index contributed by atoms with van der Waals surface area (Å²) in [5.41, 5.74) is 5.86. The van der Waals surface area contributed by atoms with Crippen molar-refractivity contribution in [3.63, 3.8) is 0 Å². The van der Waals surface area contributed by atoms with E-state index in [-0.39, 0.29) is 11.4 Å². The van der Waals surface area contributed by atoms with Gasteiger partial charge >= 0.3 is 0 Å². The number of hydrogen-bond acceptors (Lipinski definition) is 3. The van der Waals surface area contributed by atoms with Crippen LogP contribution >= 0.6 is 11.6 Å². The molecule has 0 heterocycles. The van der Waals surface area contributed by atoms with Gasteiger partial charge in [0, 0.05) is 17.1 Å². The molecule has 0 aliphatic carbocycles. The molecule has 114 valence electrons. The van der Waals surface area contributed by atoms with Crippen molar-refractivity contribution in [2.75, 3.05) is 0 Å². The Kier molecular flexibility index (Phi) is 6.01. The SMILES string of the molecule is CCC(CC)(CC)NS(=O)(=O)c1ccc(CN)c(Cl)c1. The van der Waals surface area contributed by atoms with Gasteiger partial charge in [0.05, 0.1) is 4.90 Å². The maximum absolute atomic E-state index is 12.5. The van der Waals surface area contributed by atoms with Gasteiger partial charge in [-0.1, -0.05) is 38.4 Å². The Morgan fingerprint density at radius 3 is 2.15 bits per heavy atom. The third kappa shape index (κ3) is 3.73. The van der Waals surface area contributed by atoms with E-state index in [2.05, 4.69) is 4.72 Å². The van der Waals surface area contributed by atoms with Crippen molar-refractivity contribution in [1.29, 1.82) is 0 Å². The van der Waals surface area contributed by atoms with Crippen LogP contribution in [0, 0.1) is 0 Å². The number of nitrogens with two attached hydrogens (primary N) is 1. The minimum Gasteiger partial charge on any atom is -0.326 e. The van der Waals surface area contributed by atoms with E-state index in [1.807, 2.05) is 20.8 Å².